The number of likely N-dealkylation sites (tertiary alicyclic amines) is 1. The largest absolute Gasteiger partial charge is 0.453 e. The SMILES string of the molecule is C[C@H](C[NH+]1[C@@H](C)CCC[C@@H]1C)OC(=O)c1ccccc1Cl. The van der Waals surface area contributed by atoms with E-state index >= 15 is 0 Å². The molecule has 21 heavy (non-hydrogen) atoms. The highest BCUT2D eigenvalue weighted by atomic mass is 35.5. The average Bonchev–Trinajstić information content (AvgIpc) is 2.43. The lowest BCUT2D eigenvalue weighted by Crippen LogP contribution is -3.20. The van der Waals surface area contributed by atoms with Gasteiger partial charge >= 0.3 is 5.97 Å². The van der Waals surface area contributed by atoms with Crippen molar-refractivity contribution in [3.63, 3.8) is 0 Å². The van der Waals surface area contributed by atoms with Gasteiger partial charge in [-0.25, -0.2) is 4.79 Å². The Morgan fingerprint density at radius 2 is 1.95 bits per heavy atom. The monoisotopic (exact) mass is 310 g/mol. The number of hydrogen-bond acceptors (Lipinski definition) is 2. The Morgan fingerprint density at radius 1 is 1.33 bits per heavy atom. The first-order chi connectivity index (χ1) is 9.99. The van der Waals surface area contributed by atoms with Crippen LogP contribution in [0, 0.1) is 0 Å². The van der Waals surface area contributed by atoms with Crippen molar-refractivity contribution in [3.05, 3.63) is 34.9 Å². The topological polar surface area (TPSA) is 30.7 Å². The molecule has 1 aromatic rings. The van der Waals surface area contributed by atoms with Crippen LogP contribution in [0.5, 0.6) is 0 Å². The van der Waals surface area contributed by atoms with Gasteiger partial charge in [-0.3, -0.25) is 0 Å². The van der Waals surface area contributed by atoms with E-state index in [9.17, 15) is 4.79 Å². The van der Waals surface area contributed by atoms with Gasteiger partial charge in [-0.15, -0.1) is 0 Å². The van der Waals surface area contributed by atoms with Gasteiger partial charge < -0.3 is 9.64 Å². The van der Waals surface area contributed by atoms with Crippen LogP contribution in [0.2, 0.25) is 5.02 Å². The maximum Gasteiger partial charge on any atom is 0.340 e. The molecule has 4 heteroatoms. The van der Waals surface area contributed by atoms with Gasteiger partial charge in [0.05, 0.1) is 22.7 Å². The number of nitrogens with one attached hydrogen (secondary N) is 1. The molecule has 1 heterocycles. The lowest BCUT2D eigenvalue weighted by atomic mass is 9.97. The fourth-order valence-corrected chi connectivity index (χ4v) is 3.45. The summed E-state index contributed by atoms with van der Waals surface area (Å²) in [5, 5.41) is 0.446. The summed E-state index contributed by atoms with van der Waals surface area (Å²) in [5.74, 6) is -0.329. The van der Waals surface area contributed by atoms with E-state index in [2.05, 4.69) is 13.8 Å². The molecular formula is C17H25ClNO2+. The number of esters is 1. The van der Waals surface area contributed by atoms with Crippen molar-refractivity contribution in [2.24, 2.45) is 0 Å². The minimum Gasteiger partial charge on any atom is -0.453 e. The van der Waals surface area contributed by atoms with Gasteiger partial charge in [0.1, 0.15) is 12.6 Å². The van der Waals surface area contributed by atoms with Crippen molar-refractivity contribution in [2.75, 3.05) is 6.54 Å². The molecule has 3 nitrogen and oxygen atoms in total. The van der Waals surface area contributed by atoms with Crippen molar-refractivity contribution < 1.29 is 14.4 Å². The molecule has 1 aliphatic heterocycles. The molecule has 0 bridgehead atoms. The number of carbonyl (C=O) groups is 1. The van der Waals surface area contributed by atoms with Crippen LogP contribution in [-0.4, -0.2) is 30.7 Å². The van der Waals surface area contributed by atoms with Crippen LogP contribution < -0.4 is 4.90 Å². The fraction of sp³-hybridized carbons (Fsp3) is 0.588. The van der Waals surface area contributed by atoms with Gasteiger partial charge in [0.2, 0.25) is 0 Å². The number of piperidine rings is 1. The van der Waals surface area contributed by atoms with E-state index < -0.39 is 0 Å². The van der Waals surface area contributed by atoms with Crippen LogP contribution in [0.3, 0.4) is 0 Å². The molecule has 1 aliphatic rings. The van der Waals surface area contributed by atoms with Gasteiger partial charge in [0.15, 0.2) is 0 Å². The molecule has 3 atom stereocenters. The first kappa shape index (κ1) is 16.3. The van der Waals surface area contributed by atoms with E-state index in [1.54, 1.807) is 23.1 Å². The summed E-state index contributed by atoms with van der Waals surface area (Å²) in [6, 6.07) is 8.29. The second-order valence-corrected chi connectivity index (χ2v) is 6.62. The molecule has 0 amide bonds. The lowest BCUT2D eigenvalue weighted by molar-refractivity contribution is -0.953. The minimum atomic E-state index is -0.329. The Balaban J connectivity index is 1.93. The van der Waals surface area contributed by atoms with Crippen molar-refractivity contribution in [2.45, 2.75) is 58.2 Å². The van der Waals surface area contributed by atoms with Crippen LogP contribution >= 0.6 is 11.6 Å². The molecule has 0 saturated carbocycles. The Kier molecular flexibility index (Phi) is 5.65. The zero-order valence-corrected chi connectivity index (χ0v) is 13.8. The molecule has 1 fully saturated rings. The highest BCUT2D eigenvalue weighted by molar-refractivity contribution is 6.33. The predicted octanol–water partition coefficient (Wildman–Crippen LogP) is 2.73. The van der Waals surface area contributed by atoms with Crippen LogP contribution in [0.1, 0.15) is 50.4 Å². The molecule has 0 aliphatic carbocycles. The first-order valence-electron chi connectivity index (χ1n) is 7.80. The fourth-order valence-electron chi connectivity index (χ4n) is 3.24. The number of ether oxygens (including phenoxy) is 1. The number of rotatable bonds is 4. The van der Waals surface area contributed by atoms with Crippen molar-refractivity contribution in [1.82, 2.24) is 0 Å². The Labute approximate surface area is 132 Å². The van der Waals surface area contributed by atoms with Crippen LogP contribution in [0.25, 0.3) is 0 Å². The number of quaternary nitrogens is 1. The summed E-state index contributed by atoms with van der Waals surface area (Å²) >= 11 is 6.03. The Morgan fingerprint density at radius 3 is 2.57 bits per heavy atom. The summed E-state index contributed by atoms with van der Waals surface area (Å²) in [6.45, 7) is 7.40. The van der Waals surface area contributed by atoms with E-state index in [1.165, 1.54) is 19.3 Å². The van der Waals surface area contributed by atoms with Crippen LogP contribution in [-0.2, 0) is 4.74 Å². The second-order valence-electron chi connectivity index (χ2n) is 6.21. The van der Waals surface area contributed by atoms with E-state index in [0.29, 0.717) is 22.7 Å². The third-order valence-corrected chi connectivity index (χ3v) is 4.79. The summed E-state index contributed by atoms with van der Waals surface area (Å²) in [6.07, 6.45) is 3.71. The van der Waals surface area contributed by atoms with E-state index in [4.69, 9.17) is 16.3 Å². The molecule has 116 valence electrons. The molecule has 1 N–H and O–H groups in total. The summed E-state index contributed by atoms with van der Waals surface area (Å²) in [5.41, 5.74) is 0.445. The maximum atomic E-state index is 12.2. The number of carbonyl (C=O) groups excluding carboxylic acids is 1. The number of halogens is 1. The van der Waals surface area contributed by atoms with E-state index in [0.717, 1.165) is 6.54 Å². The average molecular weight is 311 g/mol. The van der Waals surface area contributed by atoms with Gasteiger partial charge in [0.25, 0.3) is 0 Å². The van der Waals surface area contributed by atoms with Gasteiger partial charge in [0, 0.05) is 0 Å². The smallest absolute Gasteiger partial charge is 0.340 e. The molecule has 1 aromatic carbocycles. The molecule has 1 saturated heterocycles. The number of benzene rings is 1. The summed E-state index contributed by atoms with van der Waals surface area (Å²) < 4.78 is 5.57. The second kappa shape index (κ2) is 7.28. The highest BCUT2D eigenvalue weighted by Crippen LogP contribution is 2.16. The quantitative estimate of drug-likeness (QED) is 0.867. The van der Waals surface area contributed by atoms with Crippen molar-refractivity contribution in [1.29, 1.82) is 0 Å². The highest BCUT2D eigenvalue weighted by Gasteiger charge is 2.30. The van der Waals surface area contributed by atoms with Crippen LogP contribution in [0.15, 0.2) is 24.3 Å². The molecule has 0 spiro atoms. The van der Waals surface area contributed by atoms with E-state index in [1.807, 2.05) is 13.0 Å². The Hall–Kier alpha value is -1.06. The minimum absolute atomic E-state index is 0.105. The molecule has 0 aromatic heterocycles. The predicted molar refractivity (Wildman–Crippen MR) is 84.9 cm³/mol. The molecular weight excluding hydrogens is 286 g/mol. The normalized spacial score (nSPS) is 24.6. The zero-order chi connectivity index (χ0) is 15.4. The third kappa shape index (κ3) is 4.21. The van der Waals surface area contributed by atoms with Crippen molar-refractivity contribution in [3.8, 4) is 0 Å². The van der Waals surface area contributed by atoms with E-state index in [-0.39, 0.29) is 12.1 Å². The van der Waals surface area contributed by atoms with Gasteiger partial charge in [-0.05, 0) is 52.2 Å². The van der Waals surface area contributed by atoms with Gasteiger partial charge in [-0.1, -0.05) is 23.7 Å². The summed E-state index contributed by atoms with van der Waals surface area (Å²) in [4.78, 5) is 13.7. The maximum absolute atomic E-state index is 12.2. The molecule has 2 rings (SSSR count). The summed E-state index contributed by atoms with van der Waals surface area (Å²) in [7, 11) is 0. The third-order valence-electron chi connectivity index (χ3n) is 4.47. The van der Waals surface area contributed by atoms with Crippen LogP contribution in [0.4, 0.5) is 0 Å². The standard InChI is InChI=1S/C17H24ClNO2/c1-12-7-6-8-13(2)19(12)11-14(3)21-17(20)15-9-4-5-10-16(15)18/h4-5,9-10,12-14H,6-8,11H2,1-3H3/p+1/t12-,13-,14+/m0/s1. The lowest BCUT2D eigenvalue weighted by Gasteiger charge is -2.37. The zero-order valence-electron chi connectivity index (χ0n) is 13.1. The number of hydrogen-bond donors (Lipinski definition) is 1. The van der Waals surface area contributed by atoms with Gasteiger partial charge in [-0.2, -0.15) is 0 Å². The van der Waals surface area contributed by atoms with Crippen molar-refractivity contribution >= 4 is 17.6 Å². The Bertz CT molecular complexity index is 481. The molecule has 0 radical (unpaired) electrons. The molecule has 0 unspecified atom stereocenters. The first-order valence-corrected chi connectivity index (χ1v) is 8.18.